The highest BCUT2D eigenvalue weighted by atomic mass is 16.7. The number of carboxylic acids is 1. The molecule has 0 aromatic heterocycles. The van der Waals surface area contributed by atoms with Gasteiger partial charge >= 0.3 is 11.9 Å². The fraction of sp³-hybridized carbons (Fsp3) is 0.810. The Morgan fingerprint density at radius 1 is 1.24 bits per heavy atom. The summed E-state index contributed by atoms with van der Waals surface area (Å²) in [7, 11) is 0. The molecule has 8 heteroatoms. The summed E-state index contributed by atoms with van der Waals surface area (Å²) < 4.78 is 5.07. The van der Waals surface area contributed by atoms with Gasteiger partial charge in [0.1, 0.15) is 24.8 Å². The van der Waals surface area contributed by atoms with Crippen molar-refractivity contribution in [1.29, 1.82) is 0 Å². The number of ether oxygens (including phenoxy) is 1. The standard InChI is InChI=1S/C21H36N2O6/c1-3-5-7-9-18-13-22-19(10-8-6-4-2)23(29-18)14-17(15-24)16-28-21(27)12-11-20(25)26/h15,17-18H,3-14,16H2,1-2H3,(H,25,26). The zero-order valence-electron chi connectivity index (χ0n) is 17.8. The summed E-state index contributed by atoms with van der Waals surface area (Å²) in [4.78, 5) is 44.5. The molecule has 8 nitrogen and oxygen atoms in total. The third-order valence-corrected chi connectivity index (χ3v) is 4.77. The Balaban J connectivity index is 2.61. The lowest BCUT2D eigenvalue weighted by Gasteiger charge is -2.34. The summed E-state index contributed by atoms with van der Waals surface area (Å²) in [5.41, 5.74) is 0. The summed E-state index contributed by atoms with van der Waals surface area (Å²) in [6.07, 6.45) is 8.56. The van der Waals surface area contributed by atoms with Crippen molar-refractivity contribution in [3.63, 3.8) is 0 Å². The van der Waals surface area contributed by atoms with Crippen LogP contribution in [0.15, 0.2) is 4.99 Å². The molecule has 0 aliphatic carbocycles. The fourth-order valence-corrected chi connectivity index (χ4v) is 3.04. The maximum absolute atomic E-state index is 11.6. The number of hydroxylamine groups is 2. The zero-order valence-corrected chi connectivity index (χ0v) is 17.8. The van der Waals surface area contributed by atoms with Gasteiger partial charge in [-0.3, -0.25) is 19.4 Å². The van der Waals surface area contributed by atoms with E-state index in [1.807, 2.05) is 0 Å². The number of hydrogen-bond donors (Lipinski definition) is 1. The average Bonchev–Trinajstić information content (AvgIpc) is 2.71. The van der Waals surface area contributed by atoms with E-state index in [2.05, 4.69) is 13.8 Å². The van der Waals surface area contributed by atoms with E-state index in [-0.39, 0.29) is 32.1 Å². The minimum absolute atomic E-state index is 0.00175. The Morgan fingerprint density at radius 2 is 1.97 bits per heavy atom. The normalized spacial score (nSPS) is 17.5. The molecule has 0 radical (unpaired) electrons. The van der Waals surface area contributed by atoms with E-state index in [4.69, 9.17) is 19.7 Å². The molecule has 1 N–H and O–H groups in total. The van der Waals surface area contributed by atoms with E-state index in [1.54, 1.807) is 5.06 Å². The maximum Gasteiger partial charge on any atom is 0.306 e. The third kappa shape index (κ3) is 11.0. The van der Waals surface area contributed by atoms with Gasteiger partial charge in [0.25, 0.3) is 0 Å². The quantitative estimate of drug-likeness (QED) is 0.235. The molecule has 166 valence electrons. The Labute approximate surface area is 173 Å². The van der Waals surface area contributed by atoms with Crippen LogP contribution in [-0.4, -0.2) is 60.0 Å². The molecule has 0 saturated carbocycles. The van der Waals surface area contributed by atoms with Gasteiger partial charge in [-0.2, -0.15) is 0 Å². The van der Waals surface area contributed by atoms with Crippen molar-refractivity contribution in [2.24, 2.45) is 10.9 Å². The molecule has 1 heterocycles. The molecule has 1 rings (SSSR count). The predicted octanol–water partition coefficient (Wildman–Crippen LogP) is 3.38. The average molecular weight is 413 g/mol. The summed E-state index contributed by atoms with van der Waals surface area (Å²) >= 11 is 0. The van der Waals surface area contributed by atoms with Gasteiger partial charge in [-0.05, 0) is 12.8 Å². The number of carbonyl (C=O) groups is 3. The smallest absolute Gasteiger partial charge is 0.306 e. The second-order valence-corrected chi connectivity index (χ2v) is 7.47. The van der Waals surface area contributed by atoms with Gasteiger partial charge < -0.3 is 14.6 Å². The Kier molecular flexibility index (Phi) is 12.9. The number of carboxylic acid groups (broad SMARTS) is 1. The lowest BCUT2D eigenvalue weighted by Crippen LogP contribution is -2.44. The predicted molar refractivity (Wildman–Crippen MR) is 110 cm³/mol. The molecule has 0 amide bonds. The maximum atomic E-state index is 11.6. The molecule has 0 aromatic carbocycles. The second-order valence-electron chi connectivity index (χ2n) is 7.47. The zero-order chi connectivity index (χ0) is 21.5. The molecule has 0 bridgehead atoms. The minimum Gasteiger partial charge on any atom is -0.481 e. The highest BCUT2D eigenvalue weighted by Crippen LogP contribution is 2.18. The topological polar surface area (TPSA) is 105 Å². The van der Waals surface area contributed by atoms with Gasteiger partial charge in [-0.25, -0.2) is 5.06 Å². The third-order valence-electron chi connectivity index (χ3n) is 4.77. The monoisotopic (exact) mass is 412 g/mol. The first-order valence-electron chi connectivity index (χ1n) is 10.8. The first-order chi connectivity index (χ1) is 14.0. The molecule has 0 fully saturated rings. The van der Waals surface area contributed by atoms with Crippen molar-refractivity contribution in [2.75, 3.05) is 19.7 Å². The van der Waals surface area contributed by atoms with Crippen LogP contribution < -0.4 is 0 Å². The molecular weight excluding hydrogens is 376 g/mol. The first kappa shape index (κ1) is 25.1. The van der Waals surface area contributed by atoms with Gasteiger partial charge in [0, 0.05) is 6.42 Å². The number of esters is 1. The van der Waals surface area contributed by atoms with Crippen LogP contribution in [0.5, 0.6) is 0 Å². The number of unbranched alkanes of at least 4 members (excludes halogenated alkanes) is 4. The van der Waals surface area contributed by atoms with Crippen LogP contribution in [-0.2, 0) is 24.0 Å². The first-order valence-corrected chi connectivity index (χ1v) is 10.8. The molecule has 0 aromatic rings. The van der Waals surface area contributed by atoms with Crippen LogP contribution in [0.1, 0.15) is 78.1 Å². The highest BCUT2D eigenvalue weighted by molar-refractivity contribution is 5.82. The van der Waals surface area contributed by atoms with Crippen LogP contribution in [0, 0.1) is 5.92 Å². The Morgan fingerprint density at radius 3 is 2.62 bits per heavy atom. The van der Waals surface area contributed by atoms with Crippen molar-refractivity contribution in [2.45, 2.75) is 84.2 Å². The lowest BCUT2D eigenvalue weighted by atomic mass is 10.1. The van der Waals surface area contributed by atoms with E-state index in [1.165, 1.54) is 0 Å². The number of amidine groups is 1. The fourth-order valence-electron chi connectivity index (χ4n) is 3.04. The van der Waals surface area contributed by atoms with E-state index in [0.29, 0.717) is 6.54 Å². The molecular formula is C21H36N2O6. The van der Waals surface area contributed by atoms with Crippen molar-refractivity contribution in [1.82, 2.24) is 5.06 Å². The number of aldehydes is 1. The SMILES string of the molecule is CCCCCC1=NCC(CCCCC)ON1CC(C=O)COC(=O)CCC(=O)O. The van der Waals surface area contributed by atoms with E-state index in [9.17, 15) is 14.4 Å². The molecule has 1 aliphatic heterocycles. The van der Waals surface area contributed by atoms with Gasteiger partial charge in [0.15, 0.2) is 0 Å². The number of aliphatic imine (C=N–C) groups is 1. The second kappa shape index (κ2) is 15.0. The molecule has 2 unspecified atom stereocenters. The number of nitrogens with zero attached hydrogens (tertiary/aromatic N) is 2. The van der Waals surface area contributed by atoms with Crippen LogP contribution >= 0.6 is 0 Å². The molecule has 2 atom stereocenters. The number of hydrogen-bond acceptors (Lipinski definition) is 7. The summed E-state index contributed by atoms with van der Waals surface area (Å²) in [6.45, 7) is 5.11. The molecule has 0 spiro atoms. The summed E-state index contributed by atoms with van der Waals surface area (Å²) in [5.74, 6) is -1.39. The summed E-state index contributed by atoms with van der Waals surface area (Å²) in [6, 6.07) is 0. The van der Waals surface area contributed by atoms with Crippen LogP contribution in [0.25, 0.3) is 0 Å². The molecule has 0 saturated heterocycles. The van der Waals surface area contributed by atoms with Crippen LogP contribution in [0.2, 0.25) is 0 Å². The van der Waals surface area contributed by atoms with Crippen LogP contribution in [0.4, 0.5) is 0 Å². The Bertz CT molecular complexity index is 537. The minimum atomic E-state index is -1.06. The van der Waals surface area contributed by atoms with Crippen LogP contribution in [0.3, 0.4) is 0 Å². The van der Waals surface area contributed by atoms with E-state index >= 15 is 0 Å². The van der Waals surface area contributed by atoms with Crippen molar-refractivity contribution < 1.29 is 29.1 Å². The van der Waals surface area contributed by atoms with Gasteiger partial charge in [0.05, 0.1) is 31.8 Å². The van der Waals surface area contributed by atoms with Crippen molar-refractivity contribution in [3.8, 4) is 0 Å². The van der Waals surface area contributed by atoms with Gasteiger partial charge in [-0.1, -0.05) is 46.0 Å². The van der Waals surface area contributed by atoms with Crippen molar-refractivity contribution >= 4 is 24.1 Å². The van der Waals surface area contributed by atoms with E-state index in [0.717, 1.165) is 63.5 Å². The van der Waals surface area contributed by atoms with Crippen molar-refractivity contribution in [3.05, 3.63) is 0 Å². The van der Waals surface area contributed by atoms with E-state index < -0.39 is 17.9 Å². The number of carbonyl (C=O) groups excluding carboxylic acids is 2. The number of aliphatic carboxylic acids is 1. The van der Waals surface area contributed by atoms with Gasteiger partial charge in [0.2, 0.25) is 0 Å². The molecule has 29 heavy (non-hydrogen) atoms. The lowest BCUT2D eigenvalue weighted by molar-refractivity contribution is -0.167. The highest BCUT2D eigenvalue weighted by Gasteiger charge is 2.26. The summed E-state index contributed by atoms with van der Waals surface area (Å²) in [5, 5.41) is 10.3. The van der Waals surface area contributed by atoms with Gasteiger partial charge in [-0.15, -0.1) is 0 Å². The largest absolute Gasteiger partial charge is 0.481 e. The Hall–Kier alpha value is -1.96. The number of rotatable bonds is 16. The molecule has 1 aliphatic rings.